The van der Waals surface area contributed by atoms with E-state index in [4.69, 9.17) is 5.73 Å². The molecule has 150 valence electrons. The molecule has 26 heavy (non-hydrogen) atoms. The van der Waals surface area contributed by atoms with Crippen LogP contribution in [0.1, 0.15) is 44.3 Å². The predicted octanol–water partition coefficient (Wildman–Crippen LogP) is 2.14. The number of carbonyl (C=O) groups excluding carboxylic acids is 2. The van der Waals surface area contributed by atoms with E-state index in [0.29, 0.717) is 26.1 Å². The van der Waals surface area contributed by atoms with Crippen LogP contribution in [0.3, 0.4) is 0 Å². The summed E-state index contributed by atoms with van der Waals surface area (Å²) in [6, 6.07) is 0. The molecule has 0 spiro atoms. The number of thiazole rings is 1. The standard InChI is InChI=1S/C17H28N4O2S.2ClH/c1-17(2,3)16-20-13(11-24-16)9-14(22)21-8-4-5-12(10-21)15(23)19-7-6-18;;/h11-12H,4-10,18H2,1-3H3,(H,19,23);2*1H. The highest BCUT2D eigenvalue weighted by molar-refractivity contribution is 7.09. The molecule has 1 aromatic rings. The summed E-state index contributed by atoms with van der Waals surface area (Å²) in [4.78, 5) is 31.0. The van der Waals surface area contributed by atoms with Crippen molar-refractivity contribution in [2.24, 2.45) is 11.7 Å². The van der Waals surface area contributed by atoms with Gasteiger partial charge in [-0.3, -0.25) is 9.59 Å². The molecule has 1 unspecified atom stereocenters. The van der Waals surface area contributed by atoms with E-state index in [0.717, 1.165) is 30.1 Å². The van der Waals surface area contributed by atoms with Gasteiger partial charge in [-0.1, -0.05) is 20.8 Å². The summed E-state index contributed by atoms with van der Waals surface area (Å²) in [5.41, 5.74) is 6.24. The van der Waals surface area contributed by atoms with Gasteiger partial charge in [-0.15, -0.1) is 36.2 Å². The fourth-order valence-electron chi connectivity index (χ4n) is 2.76. The molecule has 6 nitrogen and oxygen atoms in total. The largest absolute Gasteiger partial charge is 0.355 e. The van der Waals surface area contributed by atoms with E-state index < -0.39 is 0 Å². The molecule has 0 aromatic carbocycles. The fourth-order valence-corrected chi connectivity index (χ4v) is 3.66. The average molecular weight is 425 g/mol. The van der Waals surface area contributed by atoms with Crippen LogP contribution in [0.4, 0.5) is 0 Å². The van der Waals surface area contributed by atoms with Crippen molar-refractivity contribution in [3.8, 4) is 0 Å². The lowest BCUT2D eigenvalue weighted by Gasteiger charge is -2.32. The molecule has 1 aromatic heterocycles. The Balaban J connectivity index is 0.00000312. The molecule has 1 aliphatic heterocycles. The van der Waals surface area contributed by atoms with E-state index in [2.05, 4.69) is 31.1 Å². The summed E-state index contributed by atoms with van der Waals surface area (Å²) in [6.07, 6.45) is 1.99. The van der Waals surface area contributed by atoms with Crippen molar-refractivity contribution in [1.82, 2.24) is 15.2 Å². The molecule has 0 aliphatic carbocycles. The fraction of sp³-hybridized carbons (Fsp3) is 0.706. The van der Waals surface area contributed by atoms with E-state index >= 15 is 0 Å². The van der Waals surface area contributed by atoms with Gasteiger partial charge >= 0.3 is 0 Å². The zero-order valence-corrected chi connectivity index (χ0v) is 18.1. The van der Waals surface area contributed by atoms with Gasteiger partial charge in [-0.25, -0.2) is 4.98 Å². The van der Waals surface area contributed by atoms with Gasteiger partial charge in [0.25, 0.3) is 0 Å². The van der Waals surface area contributed by atoms with Crippen LogP contribution in [-0.4, -0.2) is 47.9 Å². The van der Waals surface area contributed by atoms with Crippen molar-refractivity contribution in [2.75, 3.05) is 26.2 Å². The summed E-state index contributed by atoms with van der Waals surface area (Å²) in [6.45, 7) is 8.48. The van der Waals surface area contributed by atoms with Crippen molar-refractivity contribution in [1.29, 1.82) is 0 Å². The minimum absolute atomic E-state index is 0. The van der Waals surface area contributed by atoms with Gasteiger partial charge < -0.3 is 16.0 Å². The average Bonchev–Trinajstić information content (AvgIpc) is 3.01. The Bertz CT molecular complexity index is 590. The Kier molecular flexibility index (Phi) is 10.7. The Morgan fingerprint density at radius 2 is 2.08 bits per heavy atom. The first kappa shape index (κ1) is 25.1. The normalized spacial score (nSPS) is 17.1. The molecular weight excluding hydrogens is 395 g/mol. The van der Waals surface area contributed by atoms with Crippen molar-refractivity contribution >= 4 is 48.0 Å². The molecule has 2 rings (SSSR count). The van der Waals surface area contributed by atoms with Gasteiger partial charge in [0.15, 0.2) is 0 Å². The monoisotopic (exact) mass is 424 g/mol. The van der Waals surface area contributed by atoms with Gasteiger partial charge in [-0.05, 0) is 12.8 Å². The van der Waals surface area contributed by atoms with Crippen molar-refractivity contribution < 1.29 is 9.59 Å². The maximum atomic E-state index is 12.5. The second kappa shape index (κ2) is 11.1. The van der Waals surface area contributed by atoms with Crippen molar-refractivity contribution in [3.63, 3.8) is 0 Å². The van der Waals surface area contributed by atoms with Crippen LogP contribution in [0.2, 0.25) is 0 Å². The smallest absolute Gasteiger partial charge is 0.228 e. The van der Waals surface area contributed by atoms with Crippen molar-refractivity contribution in [2.45, 2.75) is 45.4 Å². The third-order valence-corrected chi connectivity index (χ3v) is 5.43. The molecule has 1 saturated heterocycles. The molecular formula is C17H30Cl2N4O2S. The molecule has 1 aliphatic rings. The van der Waals surface area contributed by atoms with Crippen LogP contribution in [-0.2, 0) is 21.4 Å². The second-order valence-corrected chi connectivity index (χ2v) is 8.19. The summed E-state index contributed by atoms with van der Waals surface area (Å²) < 4.78 is 0. The van der Waals surface area contributed by atoms with Crippen LogP contribution in [0.25, 0.3) is 0 Å². The van der Waals surface area contributed by atoms with Gasteiger partial charge in [0, 0.05) is 37.0 Å². The number of nitrogens with zero attached hydrogens (tertiary/aromatic N) is 2. The van der Waals surface area contributed by atoms with Gasteiger partial charge in [0.2, 0.25) is 11.8 Å². The minimum atomic E-state index is -0.130. The van der Waals surface area contributed by atoms with E-state index in [1.165, 1.54) is 0 Å². The Morgan fingerprint density at radius 3 is 2.65 bits per heavy atom. The Morgan fingerprint density at radius 1 is 1.38 bits per heavy atom. The van der Waals surface area contributed by atoms with Crippen molar-refractivity contribution in [3.05, 3.63) is 16.1 Å². The molecule has 0 bridgehead atoms. The molecule has 2 heterocycles. The van der Waals surface area contributed by atoms with E-state index in [1.807, 2.05) is 5.38 Å². The molecule has 0 saturated carbocycles. The summed E-state index contributed by atoms with van der Waals surface area (Å²) >= 11 is 1.60. The van der Waals surface area contributed by atoms with Crippen LogP contribution in [0.5, 0.6) is 0 Å². The van der Waals surface area contributed by atoms with E-state index in [-0.39, 0.29) is 48.0 Å². The number of piperidine rings is 1. The van der Waals surface area contributed by atoms with Crippen LogP contribution >= 0.6 is 36.2 Å². The summed E-state index contributed by atoms with van der Waals surface area (Å²) in [5.74, 6) is -0.0754. The summed E-state index contributed by atoms with van der Waals surface area (Å²) in [7, 11) is 0. The number of likely N-dealkylation sites (tertiary alicyclic amines) is 1. The number of aromatic nitrogens is 1. The lowest BCUT2D eigenvalue weighted by molar-refractivity contribution is -0.135. The van der Waals surface area contributed by atoms with E-state index in [9.17, 15) is 9.59 Å². The maximum absolute atomic E-state index is 12.5. The predicted molar refractivity (Wildman–Crippen MR) is 110 cm³/mol. The number of amides is 2. The quantitative estimate of drug-likeness (QED) is 0.757. The van der Waals surface area contributed by atoms with Crippen LogP contribution < -0.4 is 11.1 Å². The first-order valence-electron chi connectivity index (χ1n) is 8.51. The molecule has 1 atom stereocenters. The second-order valence-electron chi connectivity index (χ2n) is 7.33. The number of halogens is 2. The molecule has 3 N–H and O–H groups in total. The topological polar surface area (TPSA) is 88.3 Å². The van der Waals surface area contributed by atoms with Crippen LogP contribution in [0, 0.1) is 5.92 Å². The third kappa shape index (κ3) is 7.02. The zero-order valence-electron chi connectivity index (χ0n) is 15.6. The lowest BCUT2D eigenvalue weighted by Crippen LogP contribution is -2.46. The Hall–Kier alpha value is -0.890. The number of hydrogen-bond acceptors (Lipinski definition) is 5. The SMILES string of the molecule is CC(C)(C)c1nc(CC(=O)N2CCCC(C(=O)NCCN)C2)cs1.Cl.Cl. The van der Waals surface area contributed by atoms with Crippen LogP contribution in [0.15, 0.2) is 5.38 Å². The maximum Gasteiger partial charge on any atom is 0.228 e. The highest BCUT2D eigenvalue weighted by Crippen LogP contribution is 2.26. The first-order chi connectivity index (χ1) is 11.3. The van der Waals surface area contributed by atoms with E-state index in [1.54, 1.807) is 16.2 Å². The highest BCUT2D eigenvalue weighted by Gasteiger charge is 2.28. The number of carbonyl (C=O) groups is 2. The van der Waals surface area contributed by atoms with Gasteiger partial charge in [0.1, 0.15) is 0 Å². The molecule has 1 fully saturated rings. The number of nitrogens with two attached hydrogens (primary N) is 1. The Labute approximate surface area is 172 Å². The van der Waals surface area contributed by atoms with Gasteiger partial charge in [-0.2, -0.15) is 0 Å². The summed E-state index contributed by atoms with van der Waals surface area (Å²) in [5, 5.41) is 5.83. The number of rotatable bonds is 5. The molecule has 9 heteroatoms. The third-order valence-electron chi connectivity index (χ3n) is 4.11. The lowest BCUT2D eigenvalue weighted by atomic mass is 9.96. The molecule has 0 radical (unpaired) electrons. The number of nitrogens with one attached hydrogen (secondary N) is 1. The number of hydrogen-bond donors (Lipinski definition) is 2. The molecule has 2 amide bonds. The zero-order chi connectivity index (χ0) is 17.7. The minimum Gasteiger partial charge on any atom is -0.355 e. The highest BCUT2D eigenvalue weighted by atomic mass is 35.5. The first-order valence-corrected chi connectivity index (χ1v) is 9.39. The van der Waals surface area contributed by atoms with Gasteiger partial charge in [0.05, 0.1) is 23.0 Å².